The molecule has 7 heteroatoms. The number of aromatic nitrogens is 1. The van der Waals surface area contributed by atoms with Gasteiger partial charge in [0.15, 0.2) is 5.78 Å². The molecule has 0 radical (unpaired) electrons. The first-order chi connectivity index (χ1) is 10.4. The van der Waals surface area contributed by atoms with Crippen molar-refractivity contribution in [2.45, 2.75) is 18.9 Å². The number of carbonyl (C=O) groups is 2. The number of aromatic hydroxyl groups is 1. The fraction of sp³-hybridized carbons (Fsp3) is 0.333. The number of rotatable bonds is 7. The molecule has 2 aromatic rings. The van der Waals surface area contributed by atoms with Gasteiger partial charge in [0.25, 0.3) is 0 Å². The van der Waals surface area contributed by atoms with E-state index in [9.17, 15) is 14.7 Å². The quantitative estimate of drug-likeness (QED) is 0.467. The average molecular weight is 305 g/mol. The van der Waals surface area contributed by atoms with Crippen LogP contribution < -0.4 is 11.5 Å². The number of aliphatic carboxylic acids is 1. The summed E-state index contributed by atoms with van der Waals surface area (Å²) >= 11 is 0. The van der Waals surface area contributed by atoms with Crippen LogP contribution in [0.3, 0.4) is 0 Å². The molecule has 118 valence electrons. The molecule has 0 bridgehead atoms. The zero-order valence-electron chi connectivity index (χ0n) is 12.0. The molecule has 1 unspecified atom stereocenters. The van der Waals surface area contributed by atoms with Gasteiger partial charge >= 0.3 is 5.97 Å². The van der Waals surface area contributed by atoms with E-state index in [1.165, 1.54) is 0 Å². The molecular weight excluding hydrogens is 286 g/mol. The van der Waals surface area contributed by atoms with E-state index in [1.54, 1.807) is 24.4 Å². The molecule has 0 saturated heterocycles. The highest BCUT2D eigenvalue weighted by Gasteiger charge is 2.30. The Kier molecular flexibility index (Phi) is 4.79. The Labute approximate surface area is 126 Å². The molecule has 0 saturated carbocycles. The third-order valence-corrected chi connectivity index (χ3v) is 3.65. The summed E-state index contributed by atoms with van der Waals surface area (Å²) in [4.78, 5) is 26.3. The number of phenols is 1. The molecule has 1 aromatic carbocycles. The van der Waals surface area contributed by atoms with Crippen molar-refractivity contribution >= 4 is 22.7 Å². The van der Waals surface area contributed by atoms with Crippen molar-refractivity contribution in [3.63, 3.8) is 0 Å². The van der Waals surface area contributed by atoms with Crippen LogP contribution in [-0.2, 0) is 16.0 Å². The first-order valence-corrected chi connectivity index (χ1v) is 6.95. The number of benzene rings is 1. The second-order valence-electron chi connectivity index (χ2n) is 5.22. The number of phenolic OH excluding ortho intramolecular Hbond substituents is 1. The summed E-state index contributed by atoms with van der Waals surface area (Å²) in [6, 6.07) is 3.91. The number of ketones is 1. The number of nitrogens with two attached hydrogens (primary N) is 2. The largest absolute Gasteiger partial charge is 0.508 e. The molecule has 0 aliphatic heterocycles. The second kappa shape index (κ2) is 6.59. The number of fused-ring (bicyclic) bond motifs is 1. The summed E-state index contributed by atoms with van der Waals surface area (Å²) in [5.41, 5.74) is 12.8. The van der Waals surface area contributed by atoms with Gasteiger partial charge in [0.2, 0.25) is 0 Å². The van der Waals surface area contributed by atoms with Crippen LogP contribution in [0.5, 0.6) is 5.75 Å². The van der Waals surface area contributed by atoms with Gasteiger partial charge < -0.3 is 26.7 Å². The van der Waals surface area contributed by atoms with Gasteiger partial charge in [-0.1, -0.05) is 0 Å². The van der Waals surface area contributed by atoms with Gasteiger partial charge in [0.05, 0.1) is 6.04 Å². The number of carboxylic acids is 1. The maximum atomic E-state index is 12.2. The maximum Gasteiger partial charge on any atom is 0.314 e. The van der Waals surface area contributed by atoms with Gasteiger partial charge in [0, 0.05) is 17.1 Å². The molecule has 0 fully saturated rings. The number of nitrogens with one attached hydrogen (secondary N) is 1. The fourth-order valence-corrected chi connectivity index (χ4v) is 2.49. The molecule has 2 atom stereocenters. The molecule has 2 rings (SSSR count). The summed E-state index contributed by atoms with van der Waals surface area (Å²) in [6.45, 7) is 0.108. The summed E-state index contributed by atoms with van der Waals surface area (Å²) in [5, 5.41) is 19.4. The minimum Gasteiger partial charge on any atom is -0.508 e. The first-order valence-electron chi connectivity index (χ1n) is 6.95. The number of aromatic amines is 1. The topological polar surface area (TPSA) is 142 Å². The molecule has 7 N–H and O–H groups in total. The van der Waals surface area contributed by atoms with E-state index in [0.29, 0.717) is 0 Å². The molecule has 22 heavy (non-hydrogen) atoms. The Morgan fingerprint density at radius 2 is 2.05 bits per heavy atom. The van der Waals surface area contributed by atoms with Crippen molar-refractivity contribution in [1.82, 2.24) is 4.98 Å². The highest BCUT2D eigenvalue weighted by atomic mass is 16.4. The lowest BCUT2D eigenvalue weighted by atomic mass is 9.91. The maximum absolute atomic E-state index is 12.2. The number of hydrogen-bond acceptors (Lipinski definition) is 5. The van der Waals surface area contributed by atoms with E-state index >= 15 is 0 Å². The predicted molar refractivity (Wildman–Crippen MR) is 81.4 cm³/mol. The van der Waals surface area contributed by atoms with Crippen LogP contribution in [0.4, 0.5) is 0 Å². The van der Waals surface area contributed by atoms with Crippen molar-refractivity contribution < 1.29 is 19.8 Å². The van der Waals surface area contributed by atoms with E-state index in [2.05, 4.69) is 4.98 Å². The van der Waals surface area contributed by atoms with Gasteiger partial charge in [-0.25, -0.2) is 0 Å². The van der Waals surface area contributed by atoms with Gasteiger partial charge in [-0.3, -0.25) is 9.59 Å². The third-order valence-electron chi connectivity index (χ3n) is 3.65. The summed E-state index contributed by atoms with van der Waals surface area (Å²) < 4.78 is 0. The van der Waals surface area contributed by atoms with Gasteiger partial charge in [0.1, 0.15) is 11.7 Å². The molecule has 0 amide bonds. The van der Waals surface area contributed by atoms with E-state index in [-0.39, 0.29) is 25.1 Å². The van der Waals surface area contributed by atoms with Crippen LogP contribution >= 0.6 is 0 Å². The average Bonchev–Trinajstić information content (AvgIpc) is 2.86. The van der Waals surface area contributed by atoms with E-state index in [1.807, 2.05) is 0 Å². The molecule has 0 aliphatic rings. The lowest BCUT2D eigenvalue weighted by molar-refractivity contribution is -0.146. The van der Waals surface area contributed by atoms with Crippen LogP contribution in [0, 0.1) is 5.92 Å². The van der Waals surface area contributed by atoms with Crippen LogP contribution in [0.1, 0.15) is 12.0 Å². The fourth-order valence-electron chi connectivity index (χ4n) is 2.49. The van der Waals surface area contributed by atoms with Crippen molar-refractivity contribution in [3.8, 4) is 5.75 Å². The number of hydrogen-bond donors (Lipinski definition) is 5. The molecule has 0 aliphatic carbocycles. The standard InChI is InChI=1S/C15H19N3O4/c16-4-3-10(15(21)22)14(20)12(17)5-8-7-18-13-2-1-9(19)6-11(8)13/h1-2,6-7,10,12,18-19H,3-5,16-17H2,(H,21,22)/t10?,12-/m0/s1. The number of Topliss-reactive ketones (excluding diaryl/α,β-unsaturated/α-hetero) is 1. The minimum atomic E-state index is -1.21. The lowest BCUT2D eigenvalue weighted by Crippen LogP contribution is -2.41. The van der Waals surface area contributed by atoms with Crippen LogP contribution in [-0.4, -0.2) is 39.5 Å². The van der Waals surface area contributed by atoms with Crippen molar-refractivity contribution in [2.75, 3.05) is 6.54 Å². The highest BCUT2D eigenvalue weighted by Crippen LogP contribution is 2.24. The Morgan fingerprint density at radius 3 is 2.68 bits per heavy atom. The van der Waals surface area contributed by atoms with E-state index < -0.39 is 23.7 Å². The second-order valence-corrected chi connectivity index (χ2v) is 5.22. The highest BCUT2D eigenvalue weighted by molar-refractivity contribution is 6.01. The number of H-pyrrole nitrogens is 1. The van der Waals surface area contributed by atoms with Crippen LogP contribution in [0.15, 0.2) is 24.4 Å². The summed E-state index contributed by atoms with van der Waals surface area (Å²) in [7, 11) is 0. The third kappa shape index (κ3) is 3.26. The lowest BCUT2D eigenvalue weighted by Gasteiger charge is -2.15. The van der Waals surface area contributed by atoms with E-state index in [0.717, 1.165) is 16.5 Å². The van der Waals surface area contributed by atoms with Crippen molar-refractivity contribution in [2.24, 2.45) is 17.4 Å². The van der Waals surface area contributed by atoms with Gasteiger partial charge in [-0.15, -0.1) is 0 Å². The van der Waals surface area contributed by atoms with Crippen LogP contribution in [0.25, 0.3) is 10.9 Å². The van der Waals surface area contributed by atoms with Crippen LogP contribution in [0.2, 0.25) is 0 Å². The van der Waals surface area contributed by atoms with E-state index in [4.69, 9.17) is 16.6 Å². The Balaban J connectivity index is 2.19. The molecule has 7 nitrogen and oxygen atoms in total. The van der Waals surface area contributed by atoms with Crippen molar-refractivity contribution in [1.29, 1.82) is 0 Å². The normalized spacial score (nSPS) is 13.9. The zero-order valence-corrected chi connectivity index (χ0v) is 12.0. The Morgan fingerprint density at radius 1 is 1.32 bits per heavy atom. The monoisotopic (exact) mass is 305 g/mol. The molecule has 0 spiro atoms. The molecular formula is C15H19N3O4. The van der Waals surface area contributed by atoms with Gasteiger partial charge in [-0.2, -0.15) is 0 Å². The molecule has 1 aromatic heterocycles. The number of carbonyl (C=O) groups excluding carboxylic acids is 1. The summed E-state index contributed by atoms with van der Waals surface area (Å²) in [6.07, 6.45) is 1.96. The molecule has 1 heterocycles. The van der Waals surface area contributed by atoms with Gasteiger partial charge in [-0.05, 0) is 43.1 Å². The first kappa shape index (κ1) is 16.0. The Bertz CT molecular complexity index is 695. The smallest absolute Gasteiger partial charge is 0.314 e. The minimum absolute atomic E-state index is 0.0660. The zero-order chi connectivity index (χ0) is 16.3. The summed E-state index contributed by atoms with van der Waals surface area (Å²) in [5.74, 6) is -2.81. The SMILES string of the molecule is NCCC(C(=O)O)C(=O)[C@@H](N)Cc1c[nH]c2ccc(O)cc12. The Hall–Kier alpha value is -2.38. The van der Waals surface area contributed by atoms with Crippen molar-refractivity contribution in [3.05, 3.63) is 30.0 Å². The number of carboxylic acid groups (broad SMARTS) is 1. The predicted octanol–water partition coefficient (Wildman–Crippen LogP) is 0.362.